The fourth-order valence-electron chi connectivity index (χ4n) is 1.55. The Bertz CT molecular complexity index is 586. The van der Waals surface area contributed by atoms with Crippen LogP contribution in [0, 0.1) is 0 Å². The van der Waals surface area contributed by atoms with Gasteiger partial charge in [0.05, 0.1) is 0 Å². The summed E-state index contributed by atoms with van der Waals surface area (Å²) in [5.74, 6) is -1.41. The van der Waals surface area contributed by atoms with Crippen LogP contribution in [0.1, 0.15) is 23.7 Å². The molecule has 2 amide bonds. The average Bonchev–Trinajstić information content (AvgIpc) is 2.36. The van der Waals surface area contributed by atoms with Crippen LogP contribution in [0.3, 0.4) is 0 Å². The second-order valence-electron chi connectivity index (χ2n) is 4.27. The molecule has 112 valence electrons. The van der Waals surface area contributed by atoms with E-state index in [-0.39, 0.29) is 17.7 Å². The Morgan fingerprint density at radius 3 is 2.62 bits per heavy atom. The van der Waals surface area contributed by atoms with Crippen LogP contribution < -0.4 is 15.8 Å². The third-order valence-corrected chi connectivity index (χ3v) is 2.76. The Morgan fingerprint density at radius 2 is 2.10 bits per heavy atom. The van der Waals surface area contributed by atoms with E-state index in [1.165, 1.54) is 19.1 Å². The van der Waals surface area contributed by atoms with Crippen molar-refractivity contribution in [1.29, 1.82) is 0 Å². The zero-order valence-corrected chi connectivity index (χ0v) is 13.0. The first kappa shape index (κ1) is 16.9. The monoisotopic (exact) mass is 354 g/mol. The predicted octanol–water partition coefficient (Wildman–Crippen LogP) is 1.49. The van der Waals surface area contributed by atoms with E-state index in [1.807, 2.05) is 0 Å². The number of halogens is 1. The van der Waals surface area contributed by atoms with Crippen LogP contribution in [0.2, 0.25) is 0 Å². The quantitative estimate of drug-likeness (QED) is 0.597. The topological polar surface area (TPSA) is 98.5 Å². The van der Waals surface area contributed by atoms with Crippen molar-refractivity contribution in [2.24, 2.45) is 5.73 Å². The van der Waals surface area contributed by atoms with Crippen molar-refractivity contribution in [2.75, 3.05) is 0 Å². The molecule has 6 nitrogen and oxygen atoms in total. The lowest BCUT2D eigenvalue weighted by Gasteiger charge is -2.15. The molecule has 0 saturated heterocycles. The van der Waals surface area contributed by atoms with Crippen LogP contribution in [-0.2, 0) is 9.59 Å². The number of amides is 2. The van der Waals surface area contributed by atoms with E-state index in [9.17, 15) is 14.4 Å². The molecule has 0 bridgehead atoms. The number of primary amides is 1. The number of carbonyl (C=O) groups is 3. The molecule has 0 aliphatic heterocycles. The lowest BCUT2D eigenvalue weighted by atomic mass is 10.1. The third-order valence-electron chi connectivity index (χ3n) is 2.43. The molecular formula is C14H15BrN2O4. The summed E-state index contributed by atoms with van der Waals surface area (Å²) in [6.07, 6.45) is 0.185. The Morgan fingerprint density at radius 1 is 1.43 bits per heavy atom. The number of benzene rings is 1. The van der Waals surface area contributed by atoms with E-state index in [4.69, 9.17) is 10.5 Å². The highest BCUT2D eigenvalue weighted by Gasteiger charge is 2.19. The van der Waals surface area contributed by atoms with Gasteiger partial charge in [0.25, 0.3) is 5.91 Å². The highest BCUT2D eigenvalue weighted by molar-refractivity contribution is 9.11. The van der Waals surface area contributed by atoms with Crippen molar-refractivity contribution >= 4 is 33.7 Å². The van der Waals surface area contributed by atoms with Gasteiger partial charge in [-0.15, -0.1) is 0 Å². The molecule has 0 unspecified atom stereocenters. The normalized spacial score (nSPS) is 11.3. The predicted molar refractivity (Wildman–Crippen MR) is 80.9 cm³/mol. The van der Waals surface area contributed by atoms with Crippen molar-refractivity contribution in [3.63, 3.8) is 0 Å². The second kappa shape index (κ2) is 7.58. The van der Waals surface area contributed by atoms with Gasteiger partial charge in [-0.2, -0.15) is 0 Å². The zero-order valence-electron chi connectivity index (χ0n) is 11.4. The first-order valence-corrected chi connectivity index (χ1v) is 6.81. The molecule has 0 aromatic heterocycles. The van der Waals surface area contributed by atoms with Gasteiger partial charge < -0.3 is 15.8 Å². The Kier molecular flexibility index (Phi) is 6.10. The molecule has 1 aromatic carbocycles. The molecule has 3 N–H and O–H groups in total. The number of ether oxygens (including phenoxy) is 1. The third kappa shape index (κ3) is 5.78. The van der Waals surface area contributed by atoms with Gasteiger partial charge in [-0.05, 0) is 22.7 Å². The molecular weight excluding hydrogens is 340 g/mol. The molecule has 1 atom stereocenters. The fourth-order valence-corrected chi connectivity index (χ4v) is 1.88. The van der Waals surface area contributed by atoms with Gasteiger partial charge in [-0.3, -0.25) is 14.4 Å². The van der Waals surface area contributed by atoms with Gasteiger partial charge in [0, 0.05) is 18.9 Å². The van der Waals surface area contributed by atoms with Crippen molar-refractivity contribution < 1.29 is 19.1 Å². The largest absolute Gasteiger partial charge is 0.427 e. The number of hydrogen-bond acceptors (Lipinski definition) is 4. The molecule has 21 heavy (non-hydrogen) atoms. The molecule has 0 aliphatic carbocycles. The minimum absolute atomic E-state index is 0.185. The Balaban J connectivity index is 2.84. The Hall–Kier alpha value is -2.15. The number of hydrogen-bond donors (Lipinski definition) is 2. The molecule has 7 heteroatoms. The summed E-state index contributed by atoms with van der Waals surface area (Å²) in [6.45, 7) is 4.87. The summed E-state index contributed by atoms with van der Waals surface area (Å²) in [4.78, 5) is 34.2. The molecule has 0 fully saturated rings. The maximum Gasteiger partial charge on any atom is 0.308 e. The maximum absolute atomic E-state index is 12.1. The van der Waals surface area contributed by atoms with Gasteiger partial charge >= 0.3 is 5.97 Å². The summed E-state index contributed by atoms with van der Waals surface area (Å²) in [6, 6.07) is 5.17. The molecule has 0 heterocycles. The zero-order chi connectivity index (χ0) is 16.0. The lowest BCUT2D eigenvalue weighted by Crippen LogP contribution is -2.44. The van der Waals surface area contributed by atoms with Crippen LogP contribution in [0.4, 0.5) is 0 Å². The van der Waals surface area contributed by atoms with Gasteiger partial charge in [-0.25, -0.2) is 0 Å². The smallest absolute Gasteiger partial charge is 0.308 e. The van der Waals surface area contributed by atoms with Crippen LogP contribution in [0.25, 0.3) is 0 Å². The molecule has 0 saturated carbocycles. The lowest BCUT2D eigenvalue weighted by molar-refractivity contribution is -0.131. The van der Waals surface area contributed by atoms with Crippen molar-refractivity contribution in [3.8, 4) is 5.75 Å². The summed E-state index contributed by atoms with van der Waals surface area (Å²) >= 11 is 3.12. The summed E-state index contributed by atoms with van der Waals surface area (Å²) in [7, 11) is 0. The molecule has 0 radical (unpaired) electrons. The minimum atomic E-state index is -0.873. The van der Waals surface area contributed by atoms with Gasteiger partial charge in [0.15, 0.2) is 0 Å². The van der Waals surface area contributed by atoms with Gasteiger partial charge in [-0.1, -0.05) is 28.6 Å². The highest BCUT2D eigenvalue weighted by atomic mass is 79.9. The number of carbonyl (C=O) groups excluding carboxylic acids is 3. The van der Waals surface area contributed by atoms with Crippen molar-refractivity contribution in [2.45, 2.75) is 19.4 Å². The van der Waals surface area contributed by atoms with Crippen molar-refractivity contribution in [3.05, 3.63) is 40.9 Å². The van der Waals surface area contributed by atoms with E-state index in [0.29, 0.717) is 4.48 Å². The average molecular weight is 355 g/mol. The summed E-state index contributed by atoms with van der Waals surface area (Å²) in [5, 5.41) is 2.50. The van der Waals surface area contributed by atoms with E-state index in [0.717, 1.165) is 0 Å². The second-order valence-corrected chi connectivity index (χ2v) is 5.39. The minimum Gasteiger partial charge on any atom is -0.427 e. The molecule has 0 spiro atoms. The van der Waals surface area contributed by atoms with Crippen LogP contribution >= 0.6 is 15.9 Å². The van der Waals surface area contributed by atoms with Gasteiger partial charge in [0.2, 0.25) is 5.91 Å². The van der Waals surface area contributed by atoms with E-state index < -0.39 is 23.8 Å². The number of rotatable bonds is 6. The standard InChI is InChI=1S/C14H15BrN2O4/c1-8(15)6-12(13(16)19)17-14(20)10-4-3-5-11(7-10)21-9(2)18/h3-5,7,12H,1,6H2,2H3,(H2,16,19)(H,17,20)/t12-/m1/s1. The first-order valence-electron chi connectivity index (χ1n) is 6.01. The van der Waals surface area contributed by atoms with Gasteiger partial charge in [0.1, 0.15) is 11.8 Å². The first-order chi connectivity index (χ1) is 9.79. The molecule has 1 aromatic rings. The van der Waals surface area contributed by atoms with Crippen LogP contribution in [0.15, 0.2) is 35.3 Å². The van der Waals surface area contributed by atoms with Crippen molar-refractivity contribution in [1.82, 2.24) is 5.32 Å². The highest BCUT2D eigenvalue weighted by Crippen LogP contribution is 2.15. The Labute approximate surface area is 130 Å². The van der Waals surface area contributed by atoms with E-state index in [1.54, 1.807) is 12.1 Å². The maximum atomic E-state index is 12.1. The summed E-state index contributed by atoms with van der Waals surface area (Å²) < 4.78 is 5.43. The number of nitrogens with two attached hydrogens (primary N) is 1. The van der Waals surface area contributed by atoms with Crippen LogP contribution in [0.5, 0.6) is 5.75 Å². The molecule has 0 aliphatic rings. The number of esters is 1. The van der Waals surface area contributed by atoms with Crippen LogP contribution in [-0.4, -0.2) is 23.8 Å². The van der Waals surface area contributed by atoms with E-state index >= 15 is 0 Å². The summed E-state index contributed by atoms with van der Waals surface area (Å²) in [5.41, 5.74) is 5.47. The fraction of sp³-hybridized carbons (Fsp3) is 0.214. The number of nitrogens with one attached hydrogen (secondary N) is 1. The van der Waals surface area contributed by atoms with E-state index in [2.05, 4.69) is 27.8 Å². The molecule has 1 rings (SSSR count). The SMILES string of the molecule is C=C(Br)C[C@@H](NC(=O)c1cccc(OC(C)=O)c1)C(N)=O.